The first-order valence-electron chi connectivity index (χ1n) is 6.75. The van der Waals surface area contributed by atoms with Gasteiger partial charge in [0, 0.05) is 33.2 Å². The SMILES string of the molecule is CCN1CCN(c2ncc(-c3nnc(NC)s3)s2)CC1. The van der Waals surface area contributed by atoms with E-state index in [-0.39, 0.29) is 0 Å². The number of piperazine rings is 1. The number of nitrogens with zero attached hydrogens (tertiary/aromatic N) is 5. The number of hydrogen-bond acceptors (Lipinski definition) is 8. The van der Waals surface area contributed by atoms with Gasteiger partial charge in [-0.1, -0.05) is 29.6 Å². The van der Waals surface area contributed by atoms with Crippen molar-refractivity contribution in [2.45, 2.75) is 6.92 Å². The highest BCUT2D eigenvalue weighted by Crippen LogP contribution is 2.34. The van der Waals surface area contributed by atoms with Crippen LogP contribution in [0.3, 0.4) is 0 Å². The van der Waals surface area contributed by atoms with E-state index in [1.54, 1.807) is 22.7 Å². The second-order valence-electron chi connectivity index (χ2n) is 4.59. The monoisotopic (exact) mass is 310 g/mol. The van der Waals surface area contributed by atoms with Gasteiger partial charge in [-0.25, -0.2) is 4.98 Å². The molecule has 8 heteroatoms. The van der Waals surface area contributed by atoms with Gasteiger partial charge < -0.3 is 15.1 Å². The first-order valence-corrected chi connectivity index (χ1v) is 8.38. The lowest BCUT2D eigenvalue weighted by molar-refractivity contribution is 0.271. The van der Waals surface area contributed by atoms with Gasteiger partial charge in [-0.05, 0) is 6.54 Å². The van der Waals surface area contributed by atoms with E-state index in [2.05, 4.69) is 37.2 Å². The minimum Gasteiger partial charge on any atom is -0.363 e. The lowest BCUT2D eigenvalue weighted by Gasteiger charge is -2.33. The summed E-state index contributed by atoms with van der Waals surface area (Å²) in [5, 5.41) is 14.1. The van der Waals surface area contributed by atoms with Gasteiger partial charge in [0.1, 0.15) is 0 Å². The molecule has 1 aliphatic heterocycles. The Morgan fingerprint density at radius 1 is 1.20 bits per heavy atom. The lowest BCUT2D eigenvalue weighted by atomic mass is 10.3. The maximum Gasteiger partial charge on any atom is 0.205 e. The van der Waals surface area contributed by atoms with Gasteiger partial charge in [-0.15, -0.1) is 10.2 Å². The average Bonchev–Trinajstić information content (AvgIpc) is 3.16. The van der Waals surface area contributed by atoms with Crippen molar-refractivity contribution in [1.82, 2.24) is 20.1 Å². The Hall–Kier alpha value is -1.25. The summed E-state index contributed by atoms with van der Waals surface area (Å²) in [5.41, 5.74) is 0. The maximum atomic E-state index is 4.55. The van der Waals surface area contributed by atoms with Crippen LogP contribution < -0.4 is 10.2 Å². The zero-order valence-electron chi connectivity index (χ0n) is 11.7. The molecule has 0 atom stereocenters. The molecule has 1 saturated heterocycles. The van der Waals surface area contributed by atoms with Gasteiger partial charge >= 0.3 is 0 Å². The Labute approximate surface area is 126 Å². The van der Waals surface area contributed by atoms with Crippen molar-refractivity contribution in [1.29, 1.82) is 0 Å². The second kappa shape index (κ2) is 6.02. The lowest BCUT2D eigenvalue weighted by Crippen LogP contribution is -2.46. The zero-order valence-corrected chi connectivity index (χ0v) is 13.3. The fraction of sp³-hybridized carbons (Fsp3) is 0.583. The molecule has 2 aromatic rings. The van der Waals surface area contributed by atoms with Crippen LogP contribution in [0.2, 0.25) is 0 Å². The Bertz CT molecular complexity index is 558. The Balaban J connectivity index is 1.70. The molecule has 1 N–H and O–H groups in total. The molecule has 0 aliphatic carbocycles. The fourth-order valence-electron chi connectivity index (χ4n) is 2.19. The Morgan fingerprint density at radius 2 is 2.00 bits per heavy atom. The van der Waals surface area contributed by atoms with Crippen LogP contribution >= 0.6 is 22.7 Å². The number of hydrogen-bond donors (Lipinski definition) is 1. The molecule has 108 valence electrons. The van der Waals surface area contributed by atoms with Crippen LogP contribution in [0.25, 0.3) is 9.88 Å². The molecule has 0 spiro atoms. The first-order chi connectivity index (χ1) is 9.80. The number of anilines is 2. The summed E-state index contributed by atoms with van der Waals surface area (Å²) in [4.78, 5) is 10.5. The number of likely N-dealkylation sites (N-methyl/N-ethyl adjacent to an activating group) is 1. The third-order valence-corrected chi connectivity index (χ3v) is 5.60. The Kier molecular flexibility index (Phi) is 4.13. The van der Waals surface area contributed by atoms with Gasteiger partial charge in [0.15, 0.2) is 10.1 Å². The average molecular weight is 310 g/mol. The van der Waals surface area contributed by atoms with Crippen LogP contribution in [-0.2, 0) is 0 Å². The topological polar surface area (TPSA) is 57.2 Å². The molecule has 0 amide bonds. The quantitative estimate of drug-likeness (QED) is 0.930. The molecule has 0 radical (unpaired) electrons. The molecule has 1 fully saturated rings. The third kappa shape index (κ3) is 2.77. The number of thiazole rings is 1. The summed E-state index contributed by atoms with van der Waals surface area (Å²) in [7, 11) is 1.86. The van der Waals surface area contributed by atoms with E-state index in [9.17, 15) is 0 Å². The molecule has 0 aromatic carbocycles. The molecular formula is C12H18N6S2. The maximum absolute atomic E-state index is 4.55. The van der Waals surface area contributed by atoms with Gasteiger partial charge in [-0.2, -0.15) is 0 Å². The standard InChI is InChI=1S/C12H18N6S2/c1-3-17-4-6-18(7-5-17)12-14-8-9(19-12)10-15-16-11(13-2)20-10/h8H,3-7H2,1-2H3,(H,13,16). The smallest absolute Gasteiger partial charge is 0.205 e. The third-order valence-electron chi connectivity index (χ3n) is 3.43. The highest BCUT2D eigenvalue weighted by molar-refractivity contribution is 7.25. The fourth-order valence-corrected chi connectivity index (χ4v) is 3.89. The number of aromatic nitrogens is 3. The zero-order chi connectivity index (χ0) is 13.9. The molecule has 20 heavy (non-hydrogen) atoms. The Morgan fingerprint density at radius 3 is 2.65 bits per heavy atom. The number of rotatable bonds is 4. The van der Waals surface area contributed by atoms with Crippen molar-refractivity contribution < 1.29 is 0 Å². The summed E-state index contributed by atoms with van der Waals surface area (Å²) in [6.07, 6.45) is 1.91. The van der Waals surface area contributed by atoms with Crippen LogP contribution in [0.1, 0.15) is 6.92 Å². The highest BCUT2D eigenvalue weighted by Gasteiger charge is 2.19. The van der Waals surface area contributed by atoms with Crippen LogP contribution in [0.15, 0.2) is 6.20 Å². The summed E-state index contributed by atoms with van der Waals surface area (Å²) >= 11 is 3.26. The summed E-state index contributed by atoms with van der Waals surface area (Å²) < 4.78 is 0. The van der Waals surface area contributed by atoms with Crippen molar-refractivity contribution >= 4 is 32.9 Å². The molecule has 0 unspecified atom stereocenters. The van der Waals surface area contributed by atoms with E-state index in [1.165, 1.54) is 0 Å². The number of nitrogens with one attached hydrogen (secondary N) is 1. The van der Waals surface area contributed by atoms with E-state index in [0.717, 1.165) is 52.9 Å². The summed E-state index contributed by atoms with van der Waals surface area (Å²) in [5.74, 6) is 0. The molecule has 6 nitrogen and oxygen atoms in total. The van der Waals surface area contributed by atoms with Crippen molar-refractivity contribution in [3.8, 4) is 9.88 Å². The van der Waals surface area contributed by atoms with E-state index >= 15 is 0 Å². The molecule has 0 bridgehead atoms. The minimum atomic E-state index is 0.839. The van der Waals surface area contributed by atoms with Crippen molar-refractivity contribution in [3.63, 3.8) is 0 Å². The van der Waals surface area contributed by atoms with Crippen LogP contribution in [0, 0.1) is 0 Å². The second-order valence-corrected chi connectivity index (χ2v) is 6.58. The molecule has 0 saturated carbocycles. The largest absolute Gasteiger partial charge is 0.363 e. The molecule has 3 rings (SSSR count). The van der Waals surface area contributed by atoms with Crippen molar-refractivity contribution in [2.75, 3.05) is 50.0 Å². The van der Waals surface area contributed by atoms with Crippen molar-refractivity contribution in [2.24, 2.45) is 0 Å². The van der Waals surface area contributed by atoms with Crippen LogP contribution in [0.4, 0.5) is 10.3 Å². The van der Waals surface area contributed by atoms with Crippen LogP contribution in [0.5, 0.6) is 0 Å². The summed E-state index contributed by atoms with van der Waals surface area (Å²) in [6, 6.07) is 0. The summed E-state index contributed by atoms with van der Waals surface area (Å²) in [6.45, 7) is 7.69. The molecular weight excluding hydrogens is 292 g/mol. The highest BCUT2D eigenvalue weighted by atomic mass is 32.1. The van der Waals surface area contributed by atoms with Gasteiger partial charge in [-0.3, -0.25) is 0 Å². The van der Waals surface area contributed by atoms with E-state index in [4.69, 9.17) is 0 Å². The van der Waals surface area contributed by atoms with Gasteiger partial charge in [0.05, 0.1) is 11.1 Å². The minimum absolute atomic E-state index is 0.839. The van der Waals surface area contributed by atoms with Gasteiger partial charge in [0.25, 0.3) is 0 Å². The first kappa shape index (κ1) is 13.7. The van der Waals surface area contributed by atoms with E-state index in [0.29, 0.717) is 0 Å². The normalized spacial score (nSPS) is 16.6. The molecule has 3 heterocycles. The molecule has 1 aliphatic rings. The van der Waals surface area contributed by atoms with E-state index in [1.807, 2.05) is 13.2 Å². The van der Waals surface area contributed by atoms with Gasteiger partial charge in [0.2, 0.25) is 5.13 Å². The molecule has 2 aromatic heterocycles. The van der Waals surface area contributed by atoms with Crippen molar-refractivity contribution in [3.05, 3.63) is 6.20 Å². The van der Waals surface area contributed by atoms with Crippen LogP contribution in [-0.4, -0.2) is 59.9 Å². The predicted octanol–water partition coefficient (Wildman–Crippen LogP) is 1.85. The predicted molar refractivity (Wildman–Crippen MR) is 84.9 cm³/mol. The van der Waals surface area contributed by atoms with E-state index < -0.39 is 0 Å².